The van der Waals surface area contributed by atoms with E-state index in [0.717, 1.165) is 11.4 Å². The number of anilines is 1. The van der Waals surface area contributed by atoms with Crippen LogP contribution < -0.4 is 10.1 Å². The summed E-state index contributed by atoms with van der Waals surface area (Å²) in [4.78, 5) is 0. The van der Waals surface area contributed by atoms with Crippen LogP contribution in [0.15, 0.2) is 18.2 Å². The lowest BCUT2D eigenvalue weighted by Crippen LogP contribution is -2.27. The Balaban J connectivity index is 2.14. The van der Waals surface area contributed by atoms with Crippen LogP contribution >= 0.6 is 0 Å². The average Bonchev–Trinajstić information content (AvgIpc) is 2.13. The van der Waals surface area contributed by atoms with Gasteiger partial charge < -0.3 is 10.1 Å². The molecular weight excluding hydrogens is 174 g/mol. The van der Waals surface area contributed by atoms with Gasteiger partial charge in [-0.15, -0.1) is 0 Å². The maximum atomic E-state index is 5.33. The fraction of sp³-hybridized carbons (Fsp3) is 0.500. The van der Waals surface area contributed by atoms with Crippen molar-refractivity contribution in [2.45, 2.75) is 32.2 Å². The van der Waals surface area contributed by atoms with E-state index in [4.69, 9.17) is 4.74 Å². The highest BCUT2D eigenvalue weighted by atomic mass is 16.5. The summed E-state index contributed by atoms with van der Waals surface area (Å²) in [5, 5.41) is 3.50. The molecule has 2 nitrogen and oxygen atoms in total. The van der Waals surface area contributed by atoms with Gasteiger partial charge in [0.1, 0.15) is 5.75 Å². The third-order valence-electron chi connectivity index (χ3n) is 2.82. The predicted octanol–water partition coefficient (Wildman–Crippen LogP) is 2.97. The Bertz CT molecular complexity index is 318. The van der Waals surface area contributed by atoms with Gasteiger partial charge in [0.15, 0.2) is 0 Å². The third kappa shape index (κ3) is 1.84. The molecule has 0 radical (unpaired) electrons. The summed E-state index contributed by atoms with van der Waals surface area (Å²) in [6.45, 7) is 2.08. The first-order chi connectivity index (χ1) is 6.79. The molecule has 2 heteroatoms. The molecular formula is C12H17NO. The number of hydrogen-bond donors (Lipinski definition) is 1. The Labute approximate surface area is 85.3 Å². The zero-order valence-electron chi connectivity index (χ0n) is 8.84. The highest BCUT2D eigenvalue weighted by molar-refractivity contribution is 5.58. The van der Waals surface area contributed by atoms with Crippen molar-refractivity contribution in [3.63, 3.8) is 0 Å². The molecule has 1 fully saturated rings. The smallest absolute Gasteiger partial charge is 0.142 e. The van der Waals surface area contributed by atoms with Gasteiger partial charge in [-0.1, -0.05) is 6.07 Å². The zero-order valence-corrected chi connectivity index (χ0v) is 8.84. The van der Waals surface area contributed by atoms with Gasteiger partial charge in [-0.25, -0.2) is 0 Å². The van der Waals surface area contributed by atoms with E-state index in [1.54, 1.807) is 7.11 Å². The Morgan fingerprint density at radius 3 is 2.71 bits per heavy atom. The van der Waals surface area contributed by atoms with Gasteiger partial charge in [0.2, 0.25) is 0 Å². The Morgan fingerprint density at radius 1 is 1.36 bits per heavy atom. The van der Waals surface area contributed by atoms with Crippen molar-refractivity contribution in [1.29, 1.82) is 0 Å². The summed E-state index contributed by atoms with van der Waals surface area (Å²) in [5.41, 5.74) is 2.36. The second-order valence-corrected chi connectivity index (χ2v) is 3.98. The quantitative estimate of drug-likeness (QED) is 0.793. The van der Waals surface area contributed by atoms with Gasteiger partial charge in [0.25, 0.3) is 0 Å². The summed E-state index contributed by atoms with van der Waals surface area (Å²) in [6.07, 6.45) is 3.93. The molecule has 0 heterocycles. The lowest BCUT2D eigenvalue weighted by Gasteiger charge is -2.28. The van der Waals surface area contributed by atoms with Crippen molar-refractivity contribution in [2.75, 3.05) is 12.4 Å². The van der Waals surface area contributed by atoms with Crippen molar-refractivity contribution in [3.05, 3.63) is 23.8 Å². The number of aryl methyl sites for hydroxylation is 1. The van der Waals surface area contributed by atoms with Crippen molar-refractivity contribution < 1.29 is 4.74 Å². The molecule has 76 valence electrons. The molecule has 0 saturated heterocycles. The molecule has 0 amide bonds. The molecule has 1 saturated carbocycles. The first-order valence-corrected chi connectivity index (χ1v) is 5.21. The first-order valence-electron chi connectivity index (χ1n) is 5.21. The number of methoxy groups -OCH3 is 1. The molecule has 0 unspecified atom stereocenters. The fourth-order valence-corrected chi connectivity index (χ4v) is 1.69. The zero-order chi connectivity index (χ0) is 9.97. The second kappa shape index (κ2) is 3.91. The molecule has 1 aliphatic rings. The largest absolute Gasteiger partial charge is 0.495 e. The van der Waals surface area contributed by atoms with E-state index in [0.29, 0.717) is 6.04 Å². The minimum Gasteiger partial charge on any atom is -0.495 e. The normalized spacial score (nSPS) is 16.1. The third-order valence-corrected chi connectivity index (χ3v) is 2.82. The van der Waals surface area contributed by atoms with Gasteiger partial charge in [0, 0.05) is 6.04 Å². The van der Waals surface area contributed by atoms with E-state index < -0.39 is 0 Å². The molecule has 0 bridgehead atoms. The highest BCUT2D eigenvalue weighted by Crippen LogP contribution is 2.30. The van der Waals surface area contributed by atoms with Gasteiger partial charge >= 0.3 is 0 Å². The highest BCUT2D eigenvalue weighted by Gasteiger charge is 2.18. The van der Waals surface area contributed by atoms with Crippen LogP contribution in [0.5, 0.6) is 5.75 Å². The molecule has 1 aromatic carbocycles. The van der Waals surface area contributed by atoms with Crippen molar-refractivity contribution in [1.82, 2.24) is 0 Å². The molecule has 0 atom stereocenters. The summed E-state index contributed by atoms with van der Waals surface area (Å²) in [6, 6.07) is 6.95. The minimum absolute atomic E-state index is 0.659. The van der Waals surface area contributed by atoms with E-state index in [2.05, 4.69) is 30.4 Å². The molecule has 1 aliphatic carbocycles. The number of rotatable bonds is 3. The van der Waals surface area contributed by atoms with E-state index in [1.807, 2.05) is 0 Å². The lowest BCUT2D eigenvalue weighted by atomic mass is 9.93. The van der Waals surface area contributed by atoms with Crippen molar-refractivity contribution in [2.24, 2.45) is 0 Å². The first kappa shape index (κ1) is 9.38. The molecule has 14 heavy (non-hydrogen) atoms. The standard InChI is InChI=1S/C12H17NO/c1-9-6-7-11(12(8-9)14-2)13-10-4-3-5-10/h6-8,10,13H,3-5H2,1-2H3. The van der Waals surface area contributed by atoms with E-state index >= 15 is 0 Å². The van der Waals surface area contributed by atoms with Crippen LogP contribution in [-0.2, 0) is 0 Å². The monoisotopic (exact) mass is 191 g/mol. The Kier molecular flexibility index (Phi) is 2.62. The van der Waals surface area contributed by atoms with Crippen molar-refractivity contribution >= 4 is 5.69 Å². The molecule has 1 aromatic rings. The van der Waals surface area contributed by atoms with Gasteiger partial charge in [0.05, 0.1) is 12.8 Å². The fourth-order valence-electron chi connectivity index (χ4n) is 1.69. The summed E-state index contributed by atoms with van der Waals surface area (Å²) in [5.74, 6) is 0.955. The Morgan fingerprint density at radius 2 is 2.14 bits per heavy atom. The van der Waals surface area contributed by atoms with Crippen LogP contribution in [0.3, 0.4) is 0 Å². The van der Waals surface area contributed by atoms with Crippen molar-refractivity contribution in [3.8, 4) is 5.75 Å². The number of nitrogens with one attached hydrogen (secondary N) is 1. The SMILES string of the molecule is COc1cc(C)ccc1NC1CCC1. The Hall–Kier alpha value is -1.18. The number of benzene rings is 1. The van der Waals surface area contributed by atoms with E-state index in [1.165, 1.54) is 24.8 Å². The maximum Gasteiger partial charge on any atom is 0.142 e. The number of ether oxygens (including phenoxy) is 1. The van der Waals surface area contributed by atoms with E-state index in [-0.39, 0.29) is 0 Å². The molecule has 0 aliphatic heterocycles. The van der Waals surface area contributed by atoms with Gasteiger partial charge in [-0.3, -0.25) is 0 Å². The molecule has 2 rings (SSSR count). The molecule has 0 spiro atoms. The molecule has 0 aromatic heterocycles. The maximum absolute atomic E-state index is 5.33. The lowest BCUT2D eigenvalue weighted by molar-refractivity contribution is 0.409. The summed E-state index contributed by atoms with van der Waals surface area (Å²) < 4.78 is 5.33. The summed E-state index contributed by atoms with van der Waals surface area (Å²) >= 11 is 0. The molecule has 1 N–H and O–H groups in total. The topological polar surface area (TPSA) is 21.3 Å². The van der Waals surface area contributed by atoms with Gasteiger partial charge in [-0.2, -0.15) is 0 Å². The minimum atomic E-state index is 0.659. The van der Waals surface area contributed by atoms with Crippen LogP contribution in [0.1, 0.15) is 24.8 Å². The second-order valence-electron chi connectivity index (χ2n) is 3.98. The van der Waals surface area contributed by atoms with Crippen LogP contribution in [-0.4, -0.2) is 13.2 Å². The predicted molar refractivity (Wildman–Crippen MR) is 59.0 cm³/mol. The van der Waals surface area contributed by atoms with Crippen LogP contribution in [0.4, 0.5) is 5.69 Å². The van der Waals surface area contributed by atoms with Gasteiger partial charge in [-0.05, 0) is 43.9 Å². The van der Waals surface area contributed by atoms with Crippen LogP contribution in [0, 0.1) is 6.92 Å². The number of hydrogen-bond acceptors (Lipinski definition) is 2. The van der Waals surface area contributed by atoms with Crippen LogP contribution in [0.25, 0.3) is 0 Å². The van der Waals surface area contributed by atoms with E-state index in [9.17, 15) is 0 Å². The average molecular weight is 191 g/mol. The van der Waals surface area contributed by atoms with Crippen LogP contribution in [0.2, 0.25) is 0 Å². The summed E-state index contributed by atoms with van der Waals surface area (Å²) in [7, 11) is 1.72.